The van der Waals surface area contributed by atoms with Crippen molar-refractivity contribution in [2.45, 2.75) is 39.2 Å². The van der Waals surface area contributed by atoms with Gasteiger partial charge in [-0.2, -0.15) is 0 Å². The topological polar surface area (TPSA) is 69.9 Å². The predicted molar refractivity (Wildman–Crippen MR) is 105 cm³/mol. The summed E-state index contributed by atoms with van der Waals surface area (Å²) >= 11 is 0. The number of aliphatic hydroxyl groups is 1. The van der Waals surface area contributed by atoms with Crippen LogP contribution >= 0.6 is 0 Å². The van der Waals surface area contributed by atoms with Crippen molar-refractivity contribution in [3.63, 3.8) is 0 Å². The van der Waals surface area contributed by atoms with E-state index in [0.717, 1.165) is 37.5 Å². The Morgan fingerprint density at radius 3 is 2.70 bits per heavy atom. The zero-order chi connectivity index (χ0) is 19.3. The maximum Gasteiger partial charge on any atom is 0.255 e. The van der Waals surface area contributed by atoms with Crippen molar-refractivity contribution in [3.8, 4) is 0 Å². The summed E-state index contributed by atoms with van der Waals surface area (Å²) in [5.74, 6) is 2.17. The van der Waals surface area contributed by atoms with Gasteiger partial charge in [-0.1, -0.05) is 13.8 Å². The number of carbonyl (C=O) groups is 1. The molecule has 27 heavy (non-hydrogen) atoms. The van der Waals surface area contributed by atoms with Gasteiger partial charge in [-0.25, -0.2) is 4.98 Å². The van der Waals surface area contributed by atoms with Crippen LogP contribution in [0.15, 0.2) is 24.5 Å². The second-order valence-electron chi connectivity index (χ2n) is 9.18. The van der Waals surface area contributed by atoms with E-state index in [2.05, 4.69) is 29.0 Å². The van der Waals surface area contributed by atoms with Crippen molar-refractivity contribution in [1.29, 1.82) is 0 Å². The number of pyridine rings is 1. The Kier molecular flexibility index (Phi) is 4.51. The fraction of sp³-hybridized carbons (Fsp3) is 0.619. The lowest BCUT2D eigenvalue weighted by atomic mass is 10.1. The Balaban J connectivity index is 1.35. The van der Waals surface area contributed by atoms with E-state index in [1.807, 2.05) is 42.8 Å². The SMILES string of the molecule is CC(C)c1cn2cccc(C(=O)NCC3C4CN(CC(C)(C)O)CC34)c2n1. The smallest absolute Gasteiger partial charge is 0.255 e. The Morgan fingerprint density at radius 2 is 2.07 bits per heavy atom. The van der Waals surface area contributed by atoms with Crippen LogP contribution in [-0.2, 0) is 0 Å². The van der Waals surface area contributed by atoms with Gasteiger partial charge in [0, 0.05) is 38.6 Å². The minimum absolute atomic E-state index is 0.0418. The summed E-state index contributed by atoms with van der Waals surface area (Å²) in [6.45, 7) is 11.4. The summed E-state index contributed by atoms with van der Waals surface area (Å²) in [5.41, 5.74) is 1.72. The number of hydrogen-bond acceptors (Lipinski definition) is 4. The Hall–Kier alpha value is -1.92. The first-order chi connectivity index (χ1) is 12.7. The van der Waals surface area contributed by atoms with E-state index in [0.29, 0.717) is 29.2 Å². The summed E-state index contributed by atoms with van der Waals surface area (Å²) in [5, 5.41) is 13.1. The molecular weight excluding hydrogens is 340 g/mol. The van der Waals surface area contributed by atoms with Gasteiger partial charge >= 0.3 is 0 Å². The number of fused-ring (bicyclic) bond motifs is 2. The number of rotatable bonds is 6. The van der Waals surface area contributed by atoms with Gasteiger partial charge in [0.15, 0.2) is 0 Å². The molecule has 1 amide bonds. The highest BCUT2D eigenvalue weighted by Crippen LogP contribution is 2.51. The van der Waals surface area contributed by atoms with Crippen LogP contribution in [0.25, 0.3) is 5.65 Å². The molecule has 0 bridgehead atoms. The van der Waals surface area contributed by atoms with Crippen molar-refractivity contribution >= 4 is 11.6 Å². The molecule has 2 aromatic rings. The molecule has 2 aromatic heterocycles. The van der Waals surface area contributed by atoms with E-state index >= 15 is 0 Å². The summed E-state index contributed by atoms with van der Waals surface area (Å²) in [4.78, 5) is 19.7. The first kappa shape index (κ1) is 18.4. The van der Waals surface area contributed by atoms with E-state index in [-0.39, 0.29) is 5.91 Å². The lowest BCUT2D eigenvalue weighted by molar-refractivity contribution is 0.0389. The summed E-state index contributed by atoms with van der Waals surface area (Å²) in [7, 11) is 0. The maximum atomic E-state index is 12.7. The fourth-order valence-corrected chi connectivity index (χ4v) is 4.51. The summed E-state index contributed by atoms with van der Waals surface area (Å²) in [6.07, 6.45) is 3.94. The maximum absolute atomic E-state index is 12.7. The number of amides is 1. The number of carbonyl (C=O) groups excluding carboxylic acids is 1. The highest BCUT2D eigenvalue weighted by atomic mass is 16.3. The van der Waals surface area contributed by atoms with Gasteiger partial charge in [0.1, 0.15) is 5.65 Å². The molecule has 4 rings (SSSR count). The average molecular weight is 370 g/mol. The number of hydrogen-bond donors (Lipinski definition) is 2. The molecule has 0 spiro atoms. The zero-order valence-corrected chi connectivity index (χ0v) is 16.6. The molecule has 0 radical (unpaired) electrons. The van der Waals surface area contributed by atoms with Gasteiger partial charge in [0.2, 0.25) is 0 Å². The quantitative estimate of drug-likeness (QED) is 0.817. The van der Waals surface area contributed by atoms with Crippen LogP contribution in [0.5, 0.6) is 0 Å². The van der Waals surface area contributed by atoms with E-state index in [9.17, 15) is 9.90 Å². The Labute approximate surface area is 160 Å². The Bertz CT molecular complexity index is 839. The lowest BCUT2D eigenvalue weighted by Gasteiger charge is -2.27. The zero-order valence-electron chi connectivity index (χ0n) is 16.6. The van der Waals surface area contributed by atoms with Crippen molar-refractivity contribution in [2.24, 2.45) is 17.8 Å². The number of nitrogens with one attached hydrogen (secondary N) is 1. The molecule has 3 heterocycles. The predicted octanol–water partition coefficient (Wildman–Crippen LogP) is 2.14. The van der Waals surface area contributed by atoms with Gasteiger partial charge in [0.05, 0.1) is 16.9 Å². The van der Waals surface area contributed by atoms with Gasteiger partial charge in [-0.3, -0.25) is 9.69 Å². The van der Waals surface area contributed by atoms with Crippen LogP contribution in [0.1, 0.15) is 49.7 Å². The van der Waals surface area contributed by atoms with Gasteiger partial charge < -0.3 is 14.8 Å². The highest BCUT2D eigenvalue weighted by molar-refractivity contribution is 5.99. The molecule has 1 saturated heterocycles. The van der Waals surface area contributed by atoms with Gasteiger partial charge in [-0.15, -0.1) is 0 Å². The van der Waals surface area contributed by atoms with Crippen LogP contribution in [0.2, 0.25) is 0 Å². The molecule has 6 heteroatoms. The number of piperidine rings is 1. The first-order valence-corrected chi connectivity index (χ1v) is 9.93. The van der Waals surface area contributed by atoms with E-state index in [1.54, 1.807) is 0 Å². The van der Waals surface area contributed by atoms with Crippen LogP contribution in [0, 0.1) is 17.8 Å². The standard InChI is InChI=1S/C21H30N4O2/c1-13(2)18-11-25-7-5-6-14(19(25)23-18)20(26)22-8-15-16-9-24(10-17(15)16)12-21(3,4)27/h5-7,11,13,15-17,27H,8-10,12H2,1-4H3,(H,22,26). The number of nitrogens with zero attached hydrogens (tertiary/aromatic N) is 3. The second-order valence-corrected chi connectivity index (χ2v) is 9.18. The van der Waals surface area contributed by atoms with E-state index in [1.165, 1.54) is 0 Å². The molecule has 0 aromatic carbocycles. The molecule has 2 N–H and O–H groups in total. The molecule has 1 aliphatic carbocycles. The van der Waals surface area contributed by atoms with E-state index in [4.69, 9.17) is 0 Å². The number of imidazole rings is 1. The molecule has 2 aliphatic rings. The Morgan fingerprint density at radius 1 is 1.37 bits per heavy atom. The van der Waals surface area contributed by atoms with Crippen molar-refractivity contribution < 1.29 is 9.90 Å². The molecule has 2 unspecified atom stereocenters. The number of aromatic nitrogens is 2. The van der Waals surface area contributed by atoms with Crippen LogP contribution in [-0.4, -0.2) is 57.1 Å². The first-order valence-electron chi connectivity index (χ1n) is 9.93. The van der Waals surface area contributed by atoms with Gasteiger partial charge in [-0.05, 0) is 49.7 Å². The molecule has 2 atom stereocenters. The fourth-order valence-electron chi connectivity index (χ4n) is 4.51. The largest absolute Gasteiger partial charge is 0.389 e. The molecule has 1 saturated carbocycles. The molecular formula is C21H30N4O2. The minimum atomic E-state index is -0.641. The third kappa shape index (κ3) is 3.73. The number of likely N-dealkylation sites (tertiary alicyclic amines) is 1. The van der Waals surface area contributed by atoms with Crippen molar-refractivity contribution in [1.82, 2.24) is 19.6 Å². The third-order valence-electron chi connectivity index (χ3n) is 5.89. The molecule has 1 aliphatic heterocycles. The third-order valence-corrected chi connectivity index (χ3v) is 5.89. The molecule has 2 fully saturated rings. The molecule has 6 nitrogen and oxygen atoms in total. The van der Waals surface area contributed by atoms with Crippen LogP contribution in [0.3, 0.4) is 0 Å². The second kappa shape index (κ2) is 6.60. The summed E-state index contributed by atoms with van der Waals surface area (Å²) in [6, 6.07) is 3.74. The summed E-state index contributed by atoms with van der Waals surface area (Å²) < 4.78 is 1.94. The highest BCUT2D eigenvalue weighted by Gasteiger charge is 2.55. The van der Waals surface area contributed by atoms with Crippen molar-refractivity contribution in [3.05, 3.63) is 35.8 Å². The molecule has 146 valence electrons. The normalized spacial score (nSPS) is 25.2. The lowest BCUT2D eigenvalue weighted by Crippen LogP contribution is -2.39. The minimum Gasteiger partial charge on any atom is -0.389 e. The number of β-amino-alcohol motifs (C(OH)–C–C–N with tert-alkyl or cyclic N) is 1. The van der Waals surface area contributed by atoms with Gasteiger partial charge in [0.25, 0.3) is 5.91 Å². The van der Waals surface area contributed by atoms with E-state index < -0.39 is 5.60 Å². The monoisotopic (exact) mass is 370 g/mol. The van der Waals surface area contributed by atoms with Crippen molar-refractivity contribution in [2.75, 3.05) is 26.2 Å². The van der Waals surface area contributed by atoms with Crippen LogP contribution in [0.4, 0.5) is 0 Å². The van der Waals surface area contributed by atoms with Crippen LogP contribution < -0.4 is 5.32 Å². The average Bonchev–Trinajstić information content (AvgIpc) is 2.95.